The second kappa shape index (κ2) is 9.05. The quantitative estimate of drug-likeness (QED) is 0.657. The lowest BCUT2D eigenvalue weighted by Gasteiger charge is -2.12. The minimum atomic E-state index is -0.380. The number of amides is 2. The second-order valence-electron chi connectivity index (χ2n) is 6.13. The zero-order valence-electron chi connectivity index (χ0n) is 14.9. The minimum Gasteiger partial charge on any atom is -0.347 e. The molecule has 1 heterocycles. The first-order valence-corrected chi connectivity index (χ1v) is 9.48. The summed E-state index contributed by atoms with van der Waals surface area (Å²) in [5.74, 6) is -0.693. The molecule has 2 aromatic carbocycles. The van der Waals surface area contributed by atoms with Crippen molar-refractivity contribution >= 4 is 28.8 Å². The van der Waals surface area contributed by atoms with E-state index >= 15 is 0 Å². The highest BCUT2D eigenvalue weighted by Gasteiger charge is 2.18. The maximum absolute atomic E-state index is 12.3. The summed E-state index contributed by atoms with van der Waals surface area (Å²) in [5, 5.41) is 13.6. The molecule has 1 aromatic heterocycles. The summed E-state index contributed by atoms with van der Waals surface area (Å²) in [6.07, 6.45) is 1.69. The summed E-state index contributed by atoms with van der Waals surface area (Å²) in [6, 6.07) is 19.2. The van der Waals surface area contributed by atoms with Crippen LogP contribution in [0.25, 0.3) is 0 Å². The van der Waals surface area contributed by atoms with Gasteiger partial charge in [-0.25, -0.2) is 0 Å². The standard InChI is InChI=1S/C20H20N4O2S/c1-14(12-13-15-8-4-2-5-9-15)21-17(25)19-23-24-20(27-19)18(26)22-16-10-6-3-7-11-16/h2-11,14H,12-13H2,1H3,(H,21,25)(H,22,26)/t14-/m1/s1. The van der Waals surface area contributed by atoms with Gasteiger partial charge in [-0.15, -0.1) is 10.2 Å². The molecule has 0 unspecified atom stereocenters. The van der Waals surface area contributed by atoms with Gasteiger partial charge in [0.2, 0.25) is 10.0 Å². The van der Waals surface area contributed by atoms with Crippen LogP contribution in [0.4, 0.5) is 5.69 Å². The molecule has 3 rings (SSSR count). The first-order chi connectivity index (χ1) is 13.1. The van der Waals surface area contributed by atoms with Crippen LogP contribution in [0, 0.1) is 0 Å². The van der Waals surface area contributed by atoms with Crippen molar-refractivity contribution in [2.24, 2.45) is 0 Å². The molecule has 27 heavy (non-hydrogen) atoms. The van der Waals surface area contributed by atoms with E-state index < -0.39 is 0 Å². The van der Waals surface area contributed by atoms with Crippen molar-refractivity contribution in [1.29, 1.82) is 0 Å². The SMILES string of the molecule is C[C@H](CCc1ccccc1)NC(=O)c1nnc(C(=O)Nc2ccccc2)s1. The number of hydrogen-bond acceptors (Lipinski definition) is 5. The van der Waals surface area contributed by atoms with Crippen LogP contribution in [0.3, 0.4) is 0 Å². The maximum atomic E-state index is 12.3. The fourth-order valence-corrected chi connectivity index (χ4v) is 3.14. The molecule has 6 nitrogen and oxygen atoms in total. The Bertz CT molecular complexity index is 897. The van der Waals surface area contributed by atoms with E-state index in [1.807, 2.05) is 43.3 Å². The summed E-state index contributed by atoms with van der Waals surface area (Å²) >= 11 is 0.978. The Hall–Kier alpha value is -3.06. The molecule has 7 heteroatoms. The van der Waals surface area contributed by atoms with Crippen LogP contribution in [0.5, 0.6) is 0 Å². The Morgan fingerprint density at radius 2 is 1.52 bits per heavy atom. The van der Waals surface area contributed by atoms with Crippen LogP contribution in [0.1, 0.15) is 38.5 Å². The predicted octanol–water partition coefficient (Wildman–Crippen LogP) is 3.54. The van der Waals surface area contributed by atoms with E-state index in [0.29, 0.717) is 5.69 Å². The highest BCUT2D eigenvalue weighted by atomic mass is 32.1. The second-order valence-corrected chi connectivity index (χ2v) is 7.11. The van der Waals surface area contributed by atoms with Gasteiger partial charge in [0.25, 0.3) is 11.8 Å². The molecule has 2 N–H and O–H groups in total. The van der Waals surface area contributed by atoms with Gasteiger partial charge >= 0.3 is 0 Å². The molecular formula is C20H20N4O2S. The first-order valence-electron chi connectivity index (χ1n) is 8.66. The molecule has 3 aromatic rings. The van der Waals surface area contributed by atoms with Gasteiger partial charge in [0.1, 0.15) is 0 Å². The average molecular weight is 380 g/mol. The van der Waals surface area contributed by atoms with Gasteiger partial charge in [0, 0.05) is 11.7 Å². The number of aromatic nitrogens is 2. The summed E-state index contributed by atoms with van der Waals surface area (Å²) in [7, 11) is 0. The zero-order valence-corrected chi connectivity index (χ0v) is 15.7. The van der Waals surface area contributed by atoms with E-state index in [1.54, 1.807) is 12.1 Å². The maximum Gasteiger partial charge on any atom is 0.286 e. The number of carbonyl (C=O) groups excluding carboxylic acids is 2. The number of para-hydroxylation sites is 1. The van der Waals surface area contributed by atoms with Crippen molar-refractivity contribution in [3.05, 3.63) is 76.2 Å². The third-order valence-corrected chi connectivity index (χ3v) is 4.85. The number of anilines is 1. The number of nitrogens with zero attached hydrogens (tertiary/aromatic N) is 2. The van der Waals surface area contributed by atoms with Crippen LogP contribution in [0.2, 0.25) is 0 Å². The molecule has 1 atom stereocenters. The lowest BCUT2D eigenvalue weighted by Crippen LogP contribution is -2.32. The van der Waals surface area contributed by atoms with Crippen LogP contribution in [-0.4, -0.2) is 28.1 Å². The van der Waals surface area contributed by atoms with E-state index in [4.69, 9.17) is 0 Å². The predicted molar refractivity (Wildman–Crippen MR) is 106 cm³/mol. The number of aryl methyl sites for hydroxylation is 1. The van der Waals surface area contributed by atoms with Crippen LogP contribution < -0.4 is 10.6 Å². The van der Waals surface area contributed by atoms with Crippen LogP contribution in [-0.2, 0) is 6.42 Å². The Morgan fingerprint density at radius 3 is 2.19 bits per heavy atom. The number of rotatable bonds is 7. The Balaban J connectivity index is 1.52. The Kier molecular flexibility index (Phi) is 6.27. The molecule has 0 fully saturated rings. The monoisotopic (exact) mass is 380 g/mol. The molecule has 138 valence electrons. The highest BCUT2D eigenvalue weighted by Crippen LogP contribution is 2.14. The van der Waals surface area contributed by atoms with Gasteiger partial charge in [-0.1, -0.05) is 59.9 Å². The molecule has 0 aliphatic carbocycles. The summed E-state index contributed by atoms with van der Waals surface area (Å²) in [4.78, 5) is 24.5. The van der Waals surface area contributed by atoms with Crippen molar-refractivity contribution in [2.45, 2.75) is 25.8 Å². The Morgan fingerprint density at radius 1 is 0.926 bits per heavy atom. The summed E-state index contributed by atoms with van der Waals surface area (Å²) < 4.78 is 0. The average Bonchev–Trinajstić information content (AvgIpc) is 3.19. The van der Waals surface area contributed by atoms with Gasteiger partial charge in [-0.2, -0.15) is 0 Å². The van der Waals surface area contributed by atoms with E-state index in [9.17, 15) is 9.59 Å². The number of nitrogens with one attached hydrogen (secondary N) is 2. The van der Waals surface area contributed by atoms with Crippen molar-refractivity contribution in [2.75, 3.05) is 5.32 Å². The van der Waals surface area contributed by atoms with Gasteiger partial charge in [0.15, 0.2) is 0 Å². The Labute approximate surface area is 161 Å². The van der Waals surface area contributed by atoms with Crippen LogP contribution >= 0.6 is 11.3 Å². The fraction of sp³-hybridized carbons (Fsp3) is 0.200. The van der Waals surface area contributed by atoms with E-state index in [1.165, 1.54) is 5.56 Å². The van der Waals surface area contributed by atoms with Crippen molar-refractivity contribution in [3.8, 4) is 0 Å². The molecule has 0 aliphatic rings. The molecule has 0 saturated heterocycles. The normalized spacial score (nSPS) is 11.6. The third-order valence-electron chi connectivity index (χ3n) is 3.93. The summed E-state index contributed by atoms with van der Waals surface area (Å²) in [6.45, 7) is 1.95. The van der Waals surface area contributed by atoms with Crippen molar-refractivity contribution < 1.29 is 9.59 Å². The summed E-state index contributed by atoms with van der Waals surface area (Å²) in [5.41, 5.74) is 1.90. The van der Waals surface area contributed by atoms with Gasteiger partial charge < -0.3 is 10.6 Å². The van der Waals surface area contributed by atoms with Crippen LogP contribution in [0.15, 0.2) is 60.7 Å². The third kappa shape index (κ3) is 5.46. The topological polar surface area (TPSA) is 84.0 Å². The largest absolute Gasteiger partial charge is 0.347 e. The molecule has 0 aliphatic heterocycles. The number of hydrogen-bond donors (Lipinski definition) is 2. The molecule has 0 radical (unpaired) electrons. The molecule has 0 saturated carbocycles. The van der Waals surface area contributed by atoms with Crippen molar-refractivity contribution in [3.63, 3.8) is 0 Å². The fourth-order valence-electron chi connectivity index (χ4n) is 2.50. The van der Waals surface area contributed by atoms with E-state index in [-0.39, 0.29) is 27.9 Å². The lowest BCUT2D eigenvalue weighted by atomic mass is 10.1. The first kappa shape index (κ1) is 18.7. The molecule has 2 amide bonds. The lowest BCUT2D eigenvalue weighted by molar-refractivity contribution is 0.0936. The van der Waals surface area contributed by atoms with E-state index in [2.05, 4.69) is 33.0 Å². The number of carbonyl (C=O) groups is 2. The van der Waals surface area contributed by atoms with Gasteiger partial charge in [0.05, 0.1) is 0 Å². The van der Waals surface area contributed by atoms with Gasteiger partial charge in [-0.3, -0.25) is 9.59 Å². The molecular weight excluding hydrogens is 360 g/mol. The minimum absolute atomic E-state index is 0.0109. The zero-order chi connectivity index (χ0) is 19.1. The van der Waals surface area contributed by atoms with Gasteiger partial charge in [-0.05, 0) is 37.5 Å². The highest BCUT2D eigenvalue weighted by molar-refractivity contribution is 7.15. The van der Waals surface area contributed by atoms with Crippen molar-refractivity contribution in [1.82, 2.24) is 15.5 Å². The number of benzene rings is 2. The van der Waals surface area contributed by atoms with E-state index in [0.717, 1.165) is 24.2 Å². The molecule has 0 bridgehead atoms. The smallest absolute Gasteiger partial charge is 0.286 e. The molecule has 0 spiro atoms.